The van der Waals surface area contributed by atoms with Gasteiger partial charge in [-0.3, -0.25) is 0 Å². The lowest BCUT2D eigenvalue weighted by Gasteiger charge is -2.22. The van der Waals surface area contributed by atoms with Crippen molar-refractivity contribution in [2.45, 2.75) is 78.7 Å². The summed E-state index contributed by atoms with van der Waals surface area (Å²) in [7, 11) is 0. The zero-order valence-electron chi connectivity index (χ0n) is 14.7. The van der Waals surface area contributed by atoms with Crippen LogP contribution >= 0.6 is 0 Å². The molecule has 1 aliphatic rings. The van der Waals surface area contributed by atoms with Crippen molar-refractivity contribution < 1.29 is 5.11 Å². The smallest absolute Gasteiger partial charge is 0.0802 e. The van der Waals surface area contributed by atoms with Gasteiger partial charge in [0, 0.05) is 0 Å². The highest BCUT2D eigenvalue weighted by Gasteiger charge is 2.17. The van der Waals surface area contributed by atoms with Crippen LogP contribution in [0.2, 0.25) is 0 Å². The first-order valence-corrected chi connectivity index (χ1v) is 8.53. The highest BCUT2D eigenvalue weighted by atomic mass is 16.3. The van der Waals surface area contributed by atoms with E-state index in [9.17, 15) is 5.11 Å². The van der Waals surface area contributed by atoms with Gasteiger partial charge in [0.2, 0.25) is 0 Å². The van der Waals surface area contributed by atoms with Crippen LogP contribution in [0, 0.1) is 11.8 Å². The van der Waals surface area contributed by atoms with E-state index in [-0.39, 0.29) is 0 Å². The largest absolute Gasteiger partial charge is 0.386 e. The molecule has 0 aromatic carbocycles. The van der Waals surface area contributed by atoms with Crippen molar-refractivity contribution in [1.82, 2.24) is 0 Å². The van der Waals surface area contributed by atoms with Crippen LogP contribution in [0.3, 0.4) is 0 Å². The van der Waals surface area contributed by atoms with Gasteiger partial charge < -0.3 is 5.11 Å². The van der Waals surface area contributed by atoms with Crippen LogP contribution in [0.1, 0.15) is 73.1 Å². The molecular weight excluding hydrogens is 256 g/mol. The zero-order chi connectivity index (χ0) is 15.9. The molecule has 0 bridgehead atoms. The number of aliphatic hydroxyl groups is 1. The topological polar surface area (TPSA) is 20.2 Å². The third-order valence-electron chi connectivity index (χ3n) is 4.61. The third-order valence-corrected chi connectivity index (χ3v) is 4.61. The second-order valence-electron chi connectivity index (χ2n) is 7.34. The molecule has 0 amide bonds. The Morgan fingerprint density at radius 3 is 2.38 bits per heavy atom. The molecular formula is C20H34O. The number of hydrogen-bond donors (Lipinski definition) is 1. The van der Waals surface area contributed by atoms with Gasteiger partial charge in [0.1, 0.15) is 0 Å². The number of hydrogen-bond acceptors (Lipinski definition) is 1. The van der Waals surface area contributed by atoms with E-state index in [0.717, 1.165) is 32.1 Å². The second kappa shape index (κ2) is 8.58. The van der Waals surface area contributed by atoms with E-state index in [2.05, 4.69) is 45.9 Å². The Labute approximate surface area is 131 Å². The molecule has 1 nitrogen and oxygen atoms in total. The average Bonchev–Trinajstić information content (AvgIpc) is 2.37. The molecule has 0 spiro atoms. The van der Waals surface area contributed by atoms with Gasteiger partial charge in [0.05, 0.1) is 5.60 Å². The molecule has 0 saturated carbocycles. The van der Waals surface area contributed by atoms with Crippen molar-refractivity contribution in [2.24, 2.45) is 11.8 Å². The predicted octanol–water partition coefficient (Wildman–Crippen LogP) is 5.81. The Bertz CT molecular complexity index is 396. The molecule has 0 fully saturated rings. The predicted molar refractivity (Wildman–Crippen MR) is 93.3 cm³/mol. The molecule has 0 saturated heterocycles. The molecule has 2 atom stereocenters. The Balaban J connectivity index is 2.87. The van der Waals surface area contributed by atoms with E-state index in [1.54, 1.807) is 0 Å². The van der Waals surface area contributed by atoms with Crippen LogP contribution in [-0.2, 0) is 0 Å². The number of allylic oxidation sites excluding steroid dienone is 5. The molecule has 1 N–H and O–H groups in total. The number of rotatable bonds is 1. The van der Waals surface area contributed by atoms with Crippen molar-refractivity contribution in [3.05, 3.63) is 35.5 Å². The lowest BCUT2D eigenvalue weighted by molar-refractivity contribution is 0.102. The van der Waals surface area contributed by atoms with Gasteiger partial charge >= 0.3 is 0 Å². The van der Waals surface area contributed by atoms with Crippen molar-refractivity contribution in [3.8, 4) is 0 Å². The minimum Gasteiger partial charge on any atom is -0.386 e. The van der Waals surface area contributed by atoms with Crippen molar-refractivity contribution >= 4 is 0 Å². The minimum absolute atomic E-state index is 0.556. The van der Waals surface area contributed by atoms with E-state index in [4.69, 9.17) is 0 Å². The first-order valence-electron chi connectivity index (χ1n) is 8.53. The van der Waals surface area contributed by atoms with E-state index in [0.29, 0.717) is 11.8 Å². The minimum atomic E-state index is -0.682. The fraction of sp³-hybridized carbons (Fsp3) is 0.700. The molecule has 1 aliphatic carbocycles. The third kappa shape index (κ3) is 7.66. The monoisotopic (exact) mass is 290 g/mol. The molecule has 21 heavy (non-hydrogen) atoms. The van der Waals surface area contributed by atoms with Crippen molar-refractivity contribution in [3.63, 3.8) is 0 Å². The summed E-state index contributed by atoms with van der Waals surface area (Å²) in [6.45, 7) is 10.9. The molecule has 1 heteroatoms. The second-order valence-corrected chi connectivity index (χ2v) is 7.34. The van der Waals surface area contributed by atoms with Gasteiger partial charge in [-0.05, 0) is 71.1 Å². The standard InChI is InChI=1S/C20H34O/c1-16(2)19-12-11-18(4)9-6-8-17(3)10-7-14-20(5,21)15-13-19/h9-10,13,15-16,19,21H,6-8,11-12,14H2,1-5H3/b15-13-,17-10-,18-9-/t19-,20-/m1/s1. The Hall–Kier alpha value is -0.820. The maximum absolute atomic E-state index is 10.5. The molecule has 0 aromatic rings. The first kappa shape index (κ1) is 18.2. The summed E-state index contributed by atoms with van der Waals surface area (Å²) in [5.41, 5.74) is 2.26. The van der Waals surface area contributed by atoms with Gasteiger partial charge in [-0.15, -0.1) is 0 Å². The zero-order valence-corrected chi connectivity index (χ0v) is 14.7. The molecule has 0 aliphatic heterocycles. The van der Waals surface area contributed by atoms with Crippen LogP contribution in [0.5, 0.6) is 0 Å². The highest BCUT2D eigenvalue weighted by molar-refractivity contribution is 5.08. The van der Waals surface area contributed by atoms with Gasteiger partial charge in [-0.2, -0.15) is 0 Å². The summed E-state index contributed by atoms with van der Waals surface area (Å²) in [6.07, 6.45) is 15.4. The summed E-state index contributed by atoms with van der Waals surface area (Å²) in [5, 5.41) is 10.5. The highest BCUT2D eigenvalue weighted by Crippen LogP contribution is 2.25. The maximum Gasteiger partial charge on any atom is 0.0802 e. The fourth-order valence-corrected chi connectivity index (χ4v) is 2.82. The lowest BCUT2D eigenvalue weighted by atomic mass is 9.87. The summed E-state index contributed by atoms with van der Waals surface area (Å²) in [6, 6.07) is 0. The SMILES string of the molecule is C/C1=C/CC[C@@](C)(O)/C=C\[C@H](C(C)C)CC/C(C)=C\CC1. The van der Waals surface area contributed by atoms with Crippen LogP contribution in [0.4, 0.5) is 0 Å². The molecule has 1 rings (SSSR count). The summed E-state index contributed by atoms with van der Waals surface area (Å²) in [5.74, 6) is 1.18. The maximum atomic E-state index is 10.5. The molecule has 0 heterocycles. The van der Waals surface area contributed by atoms with Gasteiger partial charge in [0.15, 0.2) is 0 Å². The molecule has 120 valence electrons. The van der Waals surface area contributed by atoms with E-state index in [1.807, 2.05) is 13.0 Å². The van der Waals surface area contributed by atoms with Crippen LogP contribution in [0.15, 0.2) is 35.5 Å². The van der Waals surface area contributed by atoms with Crippen LogP contribution in [-0.4, -0.2) is 10.7 Å². The Kier molecular flexibility index (Phi) is 7.45. The normalized spacial score (nSPS) is 36.2. The van der Waals surface area contributed by atoms with Crippen molar-refractivity contribution in [1.29, 1.82) is 0 Å². The quantitative estimate of drug-likeness (QED) is 0.604. The lowest BCUT2D eigenvalue weighted by Crippen LogP contribution is -2.21. The summed E-state index contributed by atoms with van der Waals surface area (Å²) >= 11 is 0. The van der Waals surface area contributed by atoms with E-state index >= 15 is 0 Å². The Morgan fingerprint density at radius 1 is 1.10 bits per heavy atom. The fourth-order valence-electron chi connectivity index (χ4n) is 2.82. The Morgan fingerprint density at radius 2 is 1.71 bits per heavy atom. The molecule has 0 unspecified atom stereocenters. The van der Waals surface area contributed by atoms with Gasteiger partial charge in [-0.25, -0.2) is 0 Å². The van der Waals surface area contributed by atoms with Gasteiger partial charge in [-0.1, -0.05) is 49.3 Å². The molecule has 0 radical (unpaired) electrons. The van der Waals surface area contributed by atoms with Crippen molar-refractivity contribution in [2.75, 3.05) is 0 Å². The average molecular weight is 290 g/mol. The summed E-state index contributed by atoms with van der Waals surface area (Å²) < 4.78 is 0. The van der Waals surface area contributed by atoms with Gasteiger partial charge in [0.25, 0.3) is 0 Å². The molecule has 0 aromatic heterocycles. The van der Waals surface area contributed by atoms with Crippen LogP contribution in [0.25, 0.3) is 0 Å². The summed E-state index contributed by atoms with van der Waals surface area (Å²) in [4.78, 5) is 0. The van der Waals surface area contributed by atoms with Crippen LogP contribution < -0.4 is 0 Å². The van der Waals surface area contributed by atoms with E-state index in [1.165, 1.54) is 17.6 Å². The first-order chi connectivity index (χ1) is 9.80. The van der Waals surface area contributed by atoms with E-state index < -0.39 is 5.60 Å².